The van der Waals surface area contributed by atoms with Gasteiger partial charge in [-0.05, 0) is 31.1 Å². The highest BCUT2D eigenvalue weighted by atomic mass is 14.9. The molecule has 3 aliphatic carbocycles. The Kier molecular flexibility index (Phi) is 2.66. The summed E-state index contributed by atoms with van der Waals surface area (Å²) in [5.41, 5.74) is 5.48. The molecule has 1 unspecified atom stereocenters. The lowest BCUT2D eigenvalue weighted by atomic mass is 9.68. The first-order chi connectivity index (χ1) is 5.90. The van der Waals surface area contributed by atoms with Gasteiger partial charge in [-0.1, -0.05) is 12.8 Å². The molecule has 1 atom stereocenters. The van der Waals surface area contributed by atoms with Crippen LogP contribution in [0.1, 0.15) is 32.1 Å². The number of nitrogens with two attached hydrogens (primary N) is 1. The van der Waals surface area contributed by atoms with Gasteiger partial charge < -0.3 is 11.1 Å². The normalized spacial score (nSPS) is 40.2. The average molecular weight is 168 g/mol. The molecule has 3 fully saturated rings. The average Bonchev–Trinajstić information content (AvgIpc) is 2.17. The van der Waals surface area contributed by atoms with Crippen molar-refractivity contribution < 1.29 is 0 Å². The first kappa shape index (κ1) is 8.52. The number of nitrogens with one attached hydrogen (secondary N) is 1. The number of hydrogen-bond donors (Lipinski definition) is 2. The monoisotopic (exact) mass is 168 g/mol. The van der Waals surface area contributed by atoms with Crippen LogP contribution in [0.4, 0.5) is 0 Å². The van der Waals surface area contributed by atoms with Crippen LogP contribution in [-0.4, -0.2) is 19.1 Å². The zero-order valence-electron chi connectivity index (χ0n) is 7.76. The van der Waals surface area contributed by atoms with Crippen molar-refractivity contribution in [1.29, 1.82) is 0 Å². The summed E-state index contributed by atoms with van der Waals surface area (Å²) in [6.45, 7) is 1.79. The molecule has 2 bridgehead atoms. The van der Waals surface area contributed by atoms with Crippen LogP contribution in [0.15, 0.2) is 0 Å². The highest BCUT2D eigenvalue weighted by Gasteiger charge is 2.34. The number of fused-ring (bicyclic) bond motifs is 3. The van der Waals surface area contributed by atoms with E-state index in [0.29, 0.717) is 0 Å². The molecular formula is C10H20N2. The van der Waals surface area contributed by atoms with Crippen LogP contribution in [-0.2, 0) is 0 Å². The molecule has 70 valence electrons. The van der Waals surface area contributed by atoms with Gasteiger partial charge in [0.2, 0.25) is 0 Å². The molecule has 0 aliphatic heterocycles. The van der Waals surface area contributed by atoms with Crippen molar-refractivity contribution in [1.82, 2.24) is 5.32 Å². The summed E-state index contributed by atoms with van der Waals surface area (Å²) < 4.78 is 0. The third kappa shape index (κ3) is 1.64. The summed E-state index contributed by atoms with van der Waals surface area (Å²) in [4.78, 5) is 0. The summed E-state index contributed by atoms with van der Waals surface area (Å²) >= 11 is 0. The van der Waals surface area contributed by atoms with Crippen LogP contribution in [0, 0.1) is 11.8 Å². The Labute approximate surface area is 74.9 Å². The minimum Gasteiger partial charge on any atom is -0.329 e. The Hall–Kier alpha value is -0.0800. The van der Waals surface area contributed by atoms with E-state index in [-0.39, 0.29) is 0 Å². The van der Waals surface area contributed by atoms with Crippen LogP contribution < -0.4 is 11.1 Å². The van der Waals surface area contributed by atoms with E-state index in [1.54, 1.807) is 0 Å². The summed E-state index contributed by atoms with van der Waals surface area (Å²) in [5, 5.41) is 3.58. The lowest BCUT2D eigenvalue weighted by molar-refractivity contribution is 0.125. The number of hydrogen-bond acceptors (Lipinski definition) is 2. The molecule has 2 heteroatoms. The molecule has 3 N–H and O–H groups in total. The third-order valence-corrected chi connectivity index (χ3v) is 3.60. The summed E-state index contributed by atoms with van der Waals surface area (Å²) in [5.74, 6) is 2.01. The van der Waals surface area contributed by atoms with Crippen molar-refractivity contribution >= 4 is 0 Å². The fraction of sp³-hybridized carbons (Fsp3) is 1.00. The van der Waals surface area contributed by atoms with Gasteiger partial charge in [0, 0.05) is 19.1 Å². The smallest absolute Gasteiger partial charge is 0.00985 e. The van der Waals surface area contributed by atoms with E-state index in [0.717, 1.165) is 31.0 Å². The van der Waals surface area contributed by atoms with Gasteiger partial charge in [-0.25, -0.2) is 0 Å². The van der Waals surface area contributed by atoms with Gasteiger partial charge in [0.05, 0.1) is 0 Å². The predicted molar refractivity (Wildman–Crippen MR) is 50.9 cm³/mol. The zero-order valence-corrected chi connectivity index (χ0v) is 7.76. The van der Waals surface area contributed by atoms with E-state index < -0.39 is 0 Å². The Morgan fingerprint density at radius 1 is 1.17 bits per heavy atom. The molecule has 2 nitrogen and oxygen atoms in total. The topological polar surface area (TPSA) is 38.0 Å². The highest BCUT2D eigenvalue weighted by Crippen LogP contribution is 2.40. The van der Waals surface area contributed by atoms with Crippen molar-refractivity contribution in [3.63, 3.8) is 0 Å². The second-order valence-electron chi connectivity index (χ2n) is 4.37. The van der Waals surface area contributed by atoms with E-state index >= 15 is 0 Å². The summed E-state index contributed by atoms with van der Waals surface area (Å²) in [7, 11) is 0. The lowest BCUT2D eigenvalue weighted by Gasteiger charge is -2.42. The summed E-state index contributed by atoms with van der Waals surface area (Å²) in [6, 6.07) is 0.807. The predicted octanol–water partition coefficient (Wildman–Crippen LogP) is 1.11. The lowest BCUT2D eigenvalue weighted by Crippen LogP contribution is -2.46. The molecule has 0 aromatic heterocycles. The Morgan fingerprint density at radius 3 is 2.42 bits per heavy atom. The Morgan fingerprint density at radius 2 is 1.92 bits per heavy atom. The molecule has 0 saturated heterocycles. The number of rotatable bonds is 3. The van der Waals surface area contributed by atoms with Gasteiger partial charge >= 0.3 is 0 Å². The molecule has 0 heterocycles. The molecule has 3 saturated carbocycles. The maximum atomic E-state index is 5.48. The molecule has 3 rings (SSSR count). The Balaban J connectivity index is 1.82. The van der Waals surface area contributed by atoms with Crippen LogP contribution in [0.25, 0.3) is 0 Å². The van der Waals surface area contributed by atoms with E-state index in [2.05, 4.69) is 5.32 Å². The van der Waals surface area contributed by atoms with Crippen LogP contribution in [0.2, 0.25) is 0 Å². The molecule has 12 heavy (non-hydrogen) atoms. The Bertz CT molecular complexity index is 139. The standard InChI is InChI=1S/C10H20N2/c11-5-6-12-10-7-8-1-3-9(10)4-2-8/h8-10,12H,1-7,11H2. The maximum absolute atomic E-state index is 5.48. The van der Waals surface area contributed by atoms with E-state index in [4.69, 9.17) is 5.73 Å². The maximum Gasteiger partial charge on any atom is 0.00985 e. The van der Waals surface area contributed by atoms with Gasteiger partial charge in [0.15, 0.2) is 0 Å². The van der Waals surface area contributed by atoms with Gasteiger partial charge in [-0.15, -0.1) is 0 Å². The molecule has 0 radical (unpaired) electrons. The molecule has 0 aromatic rings. The van der Waals surface area contributed by atoms with Gasteiger partial charge in [0.1, 0.15) is 0 Å². The minimum atomic E-state index is 0.786. The first-order valence-electron chi connectivity index (χ1n) is 5.33. The van der Waals surface area contributed by atoms with Crippen molar-refractivity contribution in [2.24, 2.45) is 17.6 Å². The van der Waals surface area contributed by atoms with Crippen LogP contribution in [0.3, 0.4) is 0 Å². The minimum absolute atomic E-state index is 0.786. The second kappa shape index (κ2) is 3.75. The van der Waals surface area contributed by atoms with Gasteiger partial charge in [-0.2, -0.15) is 0 Å². The largest absolute Gasteiger partial charge is 0.329 e. The first-order valence-corrected chi connectivity index (χ1v) is 5.33. The fourth-order valence-electron chi connectivity index (χ4n) is 2.90. The van der Waals surface area contributed by atoms with Gasteiger partial charge in [0.25, 0.3) is 0 Å². The molecular weight excluding hydrogens is 148 g/mol. The third-order valence-electron chi connectivity index (χ3n) is 3.60. The molecule has 0 aromatic carbocycles. The second-order valence-corrected chi connectivity index (χ2v) is 4.37. The highest BCUT2D eigenvalue weighted by molar-refractivity contribution is 4.90. The van der Waals surface area contributed by atoms with Crippen molar-refractivity contribution in [3.8, 4) is 0 Å². The van der Waals surface area contributed by atoms with Crippen LogP contribution in [0.5, 0.6) is 0 Å². The quantitative estimate of drug-likeness (QED) is 0.662. The van der Waals surface area contributed by atoms with Crippen LogP contribution >= 0.6 is 0 Å². The molecule has 3 aliphatic rings. The van der Waals surface area contributed by atoms with E-state index in [9.17, 15) is 0 Å². The summed E-state index contributed by atoms with van der Waals surface area (Å²) in [6.07, 6.45) is 7.33. The molecule has 0 spiro atoms. The van der Waals surface area contributed by atoms with Crippen molar-refractivity contribution in [2.75, 3.05) is 13.1 Å². The fourth-order valence-corrected chi connectivity index (χ4v) is 2.90. The zero-order chi connectivity index (χ0) is 8.39. The SMILES string of the molecule is NCCNC1CC2CCC1CC2. The molecule has 0 amide bonds. The van der Waals surface area contributed by atoms with Crippen molar-refractivity contribution in [3.05, 3.63) is 0 Å². The van der Waals surface area contributed by atoms with E-state index in [1.165, 1.54) is 32.1 Å². The van der Waals surface area contributed by atoms with E-state index in [1.807, 2.05) is 0 Å². The van der Waals surface area contributed by atoms with Crippen molar-refractivity contribution in [2.45, 2.75) is 38.1 Å². The van der Waals surface area contributed by atoms with Gasteiger partial charge in [-0.3, -0.25) is 0 Å².